The van der Waals surface area contributed by atoms with Crippen LogP contribution in [-0.2, 0) is 6.54 Å². The molecule has 0 aliphatic heterocycles. The Kier molecular flexibility index (Phi) is 3.00. The zero-order valence-corrected chi connectivity index (χ0v) is 8.96. The first-order valence-electron chi connectivity index (χ1n) is 5.07. The van der Waals surface area contributed by atoms with E-state index in [4.69, 9.17) is 4.74 Å². The molecule has 82 valence electrons. The van der Waals surface area contributed by atoms with Crippen LogP contribution < -0.4 is 4.74 Å². The molecule has 0 aliphatic rings. The summed E-state index contributed by atoms with van der Waals surface area (Å²) in [6.45, 7) is 2.82. The van der Waals surface area contributed by atoms with Gasteiger partial charge in [0.2, 0.25) is 0 Å². The summed E-state index contributed by atoms with van der Waals surface area (Å²) >= 11 is 0. The van der Waals surface area contributed by atoms with Gasteiger partial charge in [-0.1, -0.05) is 0 Å². The Labute approximate surface area is 93.5 Å². The van der Waals surface area contributed by atoms with Crippen LogP contribution in [0.25, 0.3) is 0 Å². The Bertz CT molecular complexity index is 474. The summed E-state index contributed by atoms with van der Waals surface area (Å²) in [7, 11) is 0. The van der Waals surface area contributed by atoms with E-state index in [1.165, 1.54) is 0 Å². The maximum atomic E-state index is 10.5. The Balaban J connectivity index is 2.10. The molecule has 1 heterocycles. The van der Waals surface area contributed by atoms with Gasteiger partial charge in [-0.3, -0.25) is 9.48 Å². The first kappa shape index (κ1) is 10.4. The molecule has 0 atom stereocenters. The third-order valence-corrected chi connectivity index (χ3v) is 2.19. The molecule has 2 rings (SSSR count). The zero-order valence-electron chi connectivity index (χ0n) is 8.96. The molecule has 4 heteroatoms. The lowest BCUT2D eigenvalue weighted by Crippen LogP contribution is -1.92. The van der Waals surface area contributed by atoms with E-state index in [0.717, 1.165) is 12.8 Å². The van der Waals surface area contributed by atoms with E-state index in [-0.39, 0.29) is 0 Å². The predicted molar refractivity (Wildman–Crippen MR) is 59.8 cm³/mol. The number of carbonyl (C=O) groups is 1. The number of ether oxygens (including phenoxy) is 1. The minimum Gasteiger partial charge on any atom is -0.454 e. The number of aldehydes is 1. The fourth-order valence-electron chi connectivity index (χ4n) is 1.32. The summed E-state index contributed by atoms with van der Waals surface area (Å²) in [6, 6.07) is 6.94. The van der Waals surface area contributed by atoms with Crippen LogP contribution in [0.5, 0.6) is 11.5 Å². The number of aromatic nitrogens is 2. The Morgan fingerprint density at radius 3 is 2.62 bits per heavy atom. The summed E-state index contributed by atoms with van der Waals surface area (Å²) in [5, 5.41) is 4.10. The second-order valence-electron chi connectivity index (χ2n) is 3.32. The van der Waals surface area contributed by atoms with Gasteiger partial charge in [-0.05, 0) is 31.2 Å². The molecule has 0 saturated heterocycles. The van der Waals surface area contributed by atoms with Crippen molar-refractivity contribution in [1.29, 1.82) is 0 Å². The Morgan fingerprint density at radius 1 is 1.31 bits per heavy atom. The Hall–Kier alpha value is -2.10. The molecule has 2 aromatic rings. The fraction of sp³-hybridized carbons (Fsp3) is 0.167. The van der Waals surface area contributed by atoms with E-state index in [2.05, 4.69) is 5.10 Å². The van der Waals surface area contributed by atoms with Gasteiger partial charge in [0.1, 0.15) is 12.0 Å². The van der Waals surface area contributed by atoms with Gasteiger partial charge in [0.15, 0.2) is 5.75 Å². The van der Waals surface area contributed by atoms with Gasteiger partial charge in [0.05, 0.1) is 12.4 Å². The van der Waals surface area contributed by atoms with Gasteiger partial charge in [0, 0.05) is 12.1 Å². The van der Waals surface area contributed by atoms with Crippen LogP contribution in [0.3, 0.4) is 0 Å². The molecule has 0 saturated carbocycles. The van der Waals surface area contributed by atoms with Gasteiger partial charge >= 0.3 is 0 Å². The number of aryl methyl sites for hydroxylation is 1. The maximum Gasteiger partial charge on any atom is 0.165 e. The number of rotatable bonds is 4. The normalized spacial score (nSPS) is 10.1. The molecule has 0 amide bonds. The minimum atomic E-state index is 0.636. The van der Waals surface area contributed by atoms with E-state index in [1.807, 2.05) is 13.1 Å². The lowest BCUT2D eigenvalue weighted by Gasteiger charge is -2.01. The molecule has 0 bridgehead atoms. The summed E-state index contributed by atoms with van der Waals surface area (Å²) in [5.74, 6) is 1.39. The van der Waals surface area contributed by atoms with Crippen molar-refractivity contribution in [3.63, 3.8) is 0 Å². The topological polar surface area (TPSA) is 44.1 Å². The van der Waals surface area contributed by atoms with Crippen LogP contribution in [0.1, 0.15) is 17.3 Å². The number of carbonyl (C=O) groups excluding carboxylic acids is 1. The number of nitrogens with zero attached hydrogens (tertiary/aromatic N) is 2. The van der Waals surface area contributed by atoms with Gasteiger partial charge in [-0.25, -0.2) is 0 Å². The van der Waals surface area contributed by atoms with Crippen molar-refractivity contribution < 1.29 is 9.53 Å². The minimum absolute atomic E-state index is 0.636. The number of hydrogen-bond acceptors (Lipinski definition) is 3. The molecule has 0 fully saturated rings. The summed E-state index contributed by atoms with van der Waals surface area (Å²) < 4.78 is 7.35. The summed E-state index contributed by atoms with van der Waals surface area (Å²) in [5.41, 5.74) is 0.636. The molecular formula is C12H12N2O2. The zero-order chi connectivity index (χ0) is 11.4. The highest BCUT2D eigenvalue weighted by Gasteiger charge is 2.00. The third kappa shape index (κ3) is 2.28. The average molecular weight is 216 g/mol. The summed E-state index contributed by atoms with van der Waals surface area (Å²) in [6.07, 6.45) is 4.30. The Morgan fingerprint density at radius 2 is 2.06 bits per heavy atom. The van der Waals surface area contributed by atoms with Crippen molar-refractivity contribution in [3.05, 3.63) is 42.2 Å². The predicted octanol–water partition coefficient (Wildman–Crippen LogP) is 2.51. The van der Waals surface area contributed by atoms with E-state index in [1.54, 1.807) is 35.1 Å². The van der Waals surface area contributed by atoms with Crippen molar-refractivity contribution in [2.24, 2.45) is 0 Å². The first-order valence-corrected chi connectivity index (χ1v) is 5.07. The van der Waals surface area contributed by atoms with Crippen molar-refractivity contribution in [3.8, 4) is 11.5 Å². The largest absolute Gasteiger partial charge is 0.454 e. The molecule has 0 spiro atoms. The second-order valence-corrected chi connectivity index (χ2v) is 3.32. The van der Waals surface area contributed by atoms with E-state index >= 15 is 0 Å². The standard InChI is InChI=1S/C12H12N2O2/c1-2-14-8-12(7-13-14)16-11-5-3-10(9-15)4-6-11/h3-9H,2H2,1H3. The van der Waals surface area contributed by atoms with Crippen LogP contribution >= 0.6 is 0 Å². The summed E-state index contributed by atoms with van der Waals surface area (Å²) in [4.78, 5) is 10.5. The van der Waals surface area contributed by atoms with Crippen molar-refractivity contribution >= 4 is 6.29 Å². The van der Waals surface area contributed by atoms with Crippen LogP contribution in [0.2, 0.25) is 0 Å². The molecule has 1 aromatic carbocycles. The van der Waals surface area contributed by atoms with E-state index < -0.39 is 0 Å². The second kappa shape index (κ2) is 4.61. The number of benzene rings is 1. The molecular weight excluding hydrogens is 204 g/mol. The fourth-order valence-corrected chi connectivity index (χ4v) is 1.32. The lowest BCUT2D eigenvalue weighted by molar-refractivity contribution is 0.112. The van der Waals surface area contributed by atoms with Crippen LogP contribution in [0.15, 0.2) is 36.7 Å². The third-order valence-electron chi connectivity index (χ3n) is 2.19. The first-order chi connectivity index (χ1) is 7.81. The van der Waals surface area contributed by atoms with Gasteiger partial charge in [-0.15, -0.1) is 0 Å². The quantitative estimate of drug-likeness (QED) is 0.737. The average Bonchev–Trinajstić information content (AvgIpc) is 2.78. The molecule has 0 N–H and O–H groups in total. The van der Waals surface area contributed by atoms with Gasteiger partial charge < -0.3 is 4.74 Å². The molecule has 4 nitrogen and oxygen atoms in total. The highest BCUT2D eigenvalue weighted by Crippen LogP contribution is 2.20. The molecule has 16 heavy (non-hydrogen) atoms. The van der Waals surface area contributed by atoms with Crippen LogP contribution in [-0.4, -0.2) is 16.1 Å². The van der Waals surface area contributed by atoms with Crippen molar-refractivity contribution in [1.82, 2.24) is 9.78 Å². The SMILES string of the molecule is CCn1cc(Oc2ccc(C=O)cc2)cn1. The molecule has 0 radical (unpaired) electrons. The van der Waals surface area contributed by atoms with E-state index in [0.29, 0.717) is 17.1 Å². The molecule has 0 unspecified atom stereocenters. The van der Waals surface area contributed by atoms with Crippen LogP contribution in [0.4, 0.5) is 0 Å². The van der Waals surface area contributed by atoms with Gasteiger partial charge in [-0.2, -0.15) is 5.10 Å². The maximum absolute atomic E-state index is 10.5. The van der Waals surface area contributed by atoms with Crippen LogP contribution in [0, 0.1) is 0 Å². The van der Waals surface area contributed by atoms with Gasteiger partial charge in [0.25, 0.3) is 0 Å². The smallest absolute Gasteiger partial charge is 0.165 e. The van der Waals surface area contributed by atoms with Crippen molar-refractivity contribution in [2.75, 3.05) is 0 Å². The monoisotopic (exact) mass is 216 g/mol. The highest BCUT2D eigenvalue weighted by atomic mass is 16.5. The lowest BCUT2D eigenvalue weighted by atomic mass is 10.2. The highest BCUT2D eigenvalue weighted by molar-refractivity contribution is 5.74. The van der Waals surface area contributed by atoms with Crippen molar-refractivity contribution in [2.45, 2.75) is 13.5 Å². The number of hydrogen-bond donors (Lipinski definition) is 0. The molecule has 0 aliphatic carbocycles. The van der Waals surface area contributed by atoms with E-state index in [9.17, 15) is 4.79 Å². The molecule has 1 aromatic heterocycles.